The Labute approximate surface area is 106 Å². The molecule has 0 bridgehead atoms. The molecule has 0 unspecified atom stereocenters. The third-order valence-corrected chi connectivity index (χ3v) is 2.33. The number of nitrogens with one attached hydrogen (secondary N) is 2. The number of nitrogens with zero attached hydrogens (tertiary/aromatic N) is 2. The zero-order valence-corrected chi connectivity index (χ0v) is 10.8. The topological polar surface area (TPSA) is 59.1 Å². The summed E-state index contributed by atoms with van der Waals surface area (Å²) in [5, 5.41) is 5.75. The van der Waals surface area contributed by atoms with Gasteiger partial charge in [0, 0.05) is 19.8 Å². The fraction of sp³-hybridized carbons (Fsp3) is 0.556. The summed E-state index contributed by atoms with van der Waals surface area (Å²) in [7, 11) is 1.71. The van der Waals surface area contributed by atoms with E-state index in [4.69, 9.17) is 4.74 Å². The standard InChI is InChI=1S/C9H13BrF2N4O/c1-13-9-15-4-6(10)8(16-9)14-2-3-17-5-7(11)12/h4,7H,2-3,5H2,1H3,(H2,13,14,15,16). The van der Waals surface area contributed by atoms with Gasteiger partial charge in [-0.2, -0.15) is 4.98 Å². The molecule has 0 amide bonds. The van der Waals surface area contributed by atoms with Crippen molar-refractivity contribution in [2.45, 2.75) is 6.43 Å². The molecule has 0 spiro atoms. The lowest BCUT2D eigenvalue weighted by Crippen LogP contribution is -2.14. The average Bonchev–Trinajstić information content (AvgIpc) is 2.30. The highest BCUT2D eigenvalue weighted by Gasteiger charge is 2.04. The van der Waals surface area contributed by atoms with Crippen LogP contribution in [0.3, 0.4) is 0 Å². The Morgan fingerprint density at radius 2 is 2.29 bits per heavy atom. The smallest absolute Gasteiger partial charge is 0.261 e. The van der Waals surface area contributed by atoms with Gasteiger partial charge >= 0.3 is 0 Å². The van der Waals surface area contributed by atoms with Gasteiger partial charge < -0.3 is 15.4 Å². The van der Waals surface area contributed by atoms with E-state index in [-0.39, 0.29) is 6.61 Å². The van der Waals surface area contributed by atoms with Gasteiger partial charge in [-0.25, -0.2) is 13.8 Å². The molecule has 0 aliphatic rings. The quantitative estimate of drug-likeness (QED) is 0.754. The minimum Gasteiger partial charge on any atom is -0.374 e. The van der Waals surface area contributed by atoms with E-state index in [9.17, 15) is 8.78 Å². The lowest BCUT2D eigenvalue weighted by Gasteiger charge is -2.09. The van der Waals surface area contributed by atoms with Crippen molar-refractivity contribution in [1.29, 1.82) is 0 Å². The SMILES string of the molecule is CNc1ncc(Br)c(NCCOCC(F)F)n1. The van der Waals surface area contributed by atoms with E-state index in [1.54, 1.807) is 13.2 Å². The predicted molar refractivity (Wildman–Crippen MR) is 64.6 cm³/mol. The summed E-state index contributed by atoms with van der Waals surface area (Å²) < 4.78 is 29.0. The van der Waals surface area contributed by atoms with Crippen LogP contribution in [0.15, 0.2) is 10.7 Å². The van der Waals surface area contributed by atoms with Crippen LogP contribution in [0.25, 0.3) is 0 Å². The maximum absolute atomic E-state index is 11.8. The van der Waals surface area contributed by atoms with E-state index in [1.165, 1.54) is 0 Å². The van der Waals surface area contributed by atoms with Crippen LogP contribution in [0.5, 0.6) is 0 Å². The summed E-state index contributed by atoms with van der Waals surface area (Å²) in [6.07, 6.45) is -0.835. The molecule has 0 aliphatic carbocycles. The van der Waals surface area contributed by atoms with Crippen LogP contribution in [-0.2, 0) is 4.74 Å². The maximum Gasteiger partial charge on any atom is 0.261 e. The third-order valence-electron chi connectivity index (χ3n) is 1.75. The average molecular weight is 311 g/mol. The summed E-state index contributed by atoms with van der Waals surface area (Å²) in [6.45, 7) is 0.0372. The summed E-state index contributed by atoms with van der Waals surface area (Å²) in [5.41, 5.74) is 0. The van der Waals surface area contributed by atoms with E-state index >= 15 is 0 Å². The Kier molecular flexibility index (Phi) is 6.06. The molecule has 96 valence electrons. The van der Waals surface area contributed by atoms with Gasteiger partial charge in [0.1, 0.15) is 12.4 Å². The molecular formula is C9H13BrF2N4O. The normalized spacial score (nSPS) is 10.6. The zero-order chi connectivity index (χ0) is 12.7. The molecule has 0 atom stereocenters. The van der Waals surface area contributed by atoms with Crippen molar-refractivity contribution in [2.75, 3.05) is 37.4 Å². The van der Waals surface area contributed by atoms with Gasteiger partial charge in [-0.3, -0.25) is 0 Å². The van der Waals surface area contributed by atoms with Gasteiger partial charge in [0.2, 0.25) is 5.95 Å². The molecule has 17 heavy (non-hydrogen) atoms. The van der Waals surface area contributed by atoms with Crippen molar-refractivity contribution in [1.82, 2.24) is 9.97 Å². The highest BCUT2D eigenvalue weighted by atomic mass is 79.9. The molecule has 0 saturated heterocycles. The van der Waals surface area contributed by atoms with Gasteiger partial charge in [-0.05, 0) is 15.9 Å². The van der Waals surface area contributed by atoms with E-state index in [2.05, 4.69) is 36.5 Å². The Morgan fingerprint density at radius 3 is 2.94 bits per heavy atom. The van der Waals surface area contributed by atoms with Crippen molar-refractivity contribution in [3.05, 3.63) is 10.7 Å². The fourth-order valence-electron chi connectivity index (χ4n) is 1.03. The second-order valence-electron chi connectivity index (χ2n) is 3.03. The number of ether oxygens (including phenoxy) is 1. The van der Waals surface area contributed by atoms with Crippen molar-refractivity contribution in [3.63, 3.8) is 0 Å². The molecule has 0 fully saturated rings. The third kappa shape index (κ3) is 5.22. The maximum atomic E-state index is 11.8. The fourth-order valence-corrected chi connectivity index (χ4v) is 1.36. The molecule has 5 nitrogen and oxygen atoms in total. The first-order valence-corrected chi connectivity index (χ1v) is 5.73. The van der Waals surface area contributed by atoms with Gasteiger partial charge in [-0.1, -0.05) is 0 Å². The number of alkyl halides is 2. The highest BCUT2D eigenvalue weighted by Crippen LogP contribution is 2.19. The number of rotatable bonds is 7. The zero-order valence-electron chi connectivity index (χ0n) is 9.21. The number of aromatic nitrogens is 2. The molecule has 1 aromatic heterocycles. The molecule has 1 heterocycles. The lowest BCUT2D eigenvalue weighted by atomic mass is 10.5. The number of hydrogen-bond donors (Lipinski definition) is 2. The summed E-state index contributed by atoms with van der Waals surface area (Å²) in [6, 6.07) is 0. The minimum absolute atomic E-state index is 0.190. The van der Waals surface area contributed by atoms with Gasteiger partial charge in [0.05, 0.1) is 11.1 Å². The monoisotopic (exact) mass is 310 g/mol. The van der Waals surface area contributed by atoms with Crippen LogP contribution in [-0.4, -0.2) is 43.2 Å². The number of anilines is 2. The lowest BCUT2D eigenvalue weighted by molar-refractivity contribution is 0.0215. The van der Waals surface area contributed by atoms with Crippen LogP contribution >= 0.6 is 15.9 Å². The Bertz CT molecular complexity index is 354. The molecule has 2 N–H and O–H groups in total. The molecule has 0 aliphatic heterocycles. The van der Waals surface area contributed by atoms with Crippen molar-refractivity contribution in [3.8, 4) is 0 Å². The van der Waals surface area contributed by atoms with Crippen molar-refractivity contribution in [2.24, 2.45) is 0 Å². The van der Waals surface area contributed by atoms with Gasteiger partial charge in [-0.15, -0.1) is 0 Å². The summed E-state index contributed by atoms with van der Waals surface area (Å²) in [5.74, 6) is 1.06. The van der Waals surface area contributed by atoms with E-state index < -0.39 is 13.0 Å². The van der Waals surface area contributed by atoms with E-state index in [0.29, 0.717) is 22.8 Å². The first-order chi connectivity index (χ1) is 8.13. The van der Waals surface area contributed by atoms with Crippen LogP contribution in [0.2, 0.25) is 0 Å². The molecule has 1 rings (SSSR count). The summed E-state index contributed by atoms with van der Waals surface area (Å²) >= 11 is 3.28. The Hall–Kier alpha value is -1.02. The molecule has 8 heteroatoms. The molecule has 1 aromatic rings. The van der Waals surface area contributed by atoms with Crippen LogP contribution < -0.4 is 10.6 Å². The number of hydrogen-bond acceptors (Lipinski definition) is 5. The largest absolute Gasteiger partial charge is 0.374 e. The van der Waals surface area contributed by atoms with Crippen molar-refractivity contribution < 1.29 is 13.5 Å². The minimum atomic E-state index is -2.43. The Balaban J connectivity index is 2.35. The highest BCUT2D eigenvalue weighted by molar-refractivity contribution is 9.10. The van der Waals surface area contributed by atoms with Gasteiger partial charge in [0.15, 0.2) is 0 Å². The number of halogens is 3. The van der Waals surface area contributed by atoms with Crippen LogP contribution in [0.4, 0.5) is 20.5 Å². The van der Waals surface area contributed by atoms with Crippen molar-refractivity contribution >= 4 is 27.7 Å². The van der Waals surface area contributed by atoms with Gasteiger partial charge in [0.25, 0.3) is 6.43 Å². The second kappa shape index (κ2) is 7.33. The Morgan fingerprint density at radius 1 is 1.53 bits per heavy atom. The van der Waals surface area contributed by atoms with E-state index in [0.717, 1.165) is 0 Å². The molecule has 0 radical (unpaired) electrons. The predicted octanol–water partition coefficient (Wildman–Crippen LogP) is 1.97. The molecule has 0 aromatic carbocycles. The first-order valence-electron chi connectivity index (χ1n) is 4.93. The summed E-state index contributed by atoms with van der Waals surface area (Å²) in [4.78, 5) is 8.13. The van der Waals surface area contributed by atoms with Crippen LogP contribution in [0, 0.1) is 0 Å². The first kappa shape index (κ1) is 14.0. The molecular weight excluding hydrogens is 298 g/mol. The van der Waals surface area contributed by atoms with Crippen LogP contribution in [0.1, 0.15) is 0 Å². The van der Waals surface area contributed by atoms with E-state index in [1.807, 2.05) is 0 Å². The second-order valence-corrected chi connectivity index (χ2v) is 3.89. The molecule has 0 saturated carbocycles.